The lowest BCUT2D eigenvalue weighted by molar-refractivity contribution is -0.123. The van der Waals surface area contributed by atoms with Crippen molar-refractivity contribution >= 4 is 5.78 Å². The highest BCUT2D eigenvalue weighted by Crippen LogP contribution is 2.22. The van der Waals surface area contributed by atoms with Gasteiger partial charge in [0.05, 0.1) is 11.6 Å². The fraction of sp³-hybridized carbons (Fsp3) is 0.900. The van der Waals surface area contributed by atoms with Gasteiger partial charge in [-0.05, 0) is 20.3 Å². The molecular weight excluding hydrogens is 166 g/mol. The van der Waals surface area contributed by atoms with E-state index in [1.165, 1.54) is 0 Å². The van der Waals surface area contributed by atoms with E-state index in [1.807, 2.05) is 20.8 Å². The second kappa shape index (κ2) is 3.76. The van der Waals surface area contributed by atoms with Crippen LogP contribution >= 0.6 is 0 Å². The van der Waals surface area contributed by atoms with Crippen molar-refractivity contribution < 1.29 is 9.90 Å². The van der Waals surface area contributed by atoms with Gasteiger partial charge in [-0.15, -0.1) is 0 Å². The predicted octanol–water partition coefficient (Wildman–Crippen LogP) is 0.811. The van der Waals surface area contributed by atoms with Crippen LogP contribution in [0.15, 0.2) is 0 Å². The average molecular weight is 185 g/mol. The van der Waals surface area contributed by atoms with Gasteiger partial charge in [-0.1, -0.05) is 6.92 Å². The number of aliphatic hydroxyl groups is 1. The summed E-state index contributed by atoms with van der Waals surface area (Å²) in [6, 6.07) is -0.0287. The maximum absolute atomic E-state index is 11.4. The SMILES string of the molecule is CCC(=O)C(C)N1CCC(C)(O)C1. The summed E-state index contributed by atoms with van der Waals surface area (Å²) < 4.78 is 0. The smallest absolute Gasteiger partial charge is 0.149 e. The predicted molar refractivity (Wildman–Crippen MR) is 51.6 cm³/mol. The summed E-state index contributed by atoms with van der Waals surface area (Å²) in [5.41, 5.74) is -0.595. The Morgan fingerprint density at radius 2 is 2.31 bits per heavy atom. The van der Waals surface area contributed by atoms with Crippen molar-refractivity contribution in [2.45, 2.75) is 45.3 Å². The van der Waals surface area contributed by atoms with Crippen LogP contribution in [0.3, 0.4) is 0 Å². The molecule has 0 aromatic rings. The third-order valence-electron chi connectivity index (χ3n) is 2.84. The molecule has 0 aromatic carbocycles. The number of nitrogens with zero attached hydrogens (tertiary/aromatic N) is 1. The van der Waals surface area contributed by atoms with Gasteiger partial charge in [0, 0.05) is 19.5 Å². The molecule has 0 spiro atoms. The number of hydrogen-bond donors (Lipinski definition) is 1. The first-order chi connectivity index (χ1) is 5.96. The van der Waals surface area contributed by atoms with Crippen LogP contribution in [-0.4, -0.2) is 40.5 Å². The zero-order chi connectivity index (χ0) is 10.1. The lowest BCUT2D eigenvalue weighted by Gasteiger charge is -2.23. The van der Waals surface area contributed by atoms with Crippen molar-refractivity contribution in [3.63, 3.8) is 0 Å². The monoisotopic (exact) mass is 185 g/mol. The van der Waals surface area contributed by atoms with Crippen LogP contribution in [-0.2, 0) is 4.79 Å². The molecule has 1 rings (SSSR count). The molecule has 76 valence electrons. The van der Waals surface area contributed by atoms with Gasteiger partial charge in [0.1, 0.15) is 5.78 Å². The second-order valence-electron chi connectivity index (χ2n) is 4.21. The molecule has 0 aliphatic carbocycles. The molecule has 1 N–H and O–H groups in total. The molecular formula is C10H19NO2. The normalized spacial score (nSPS) is 32.0. The highest BCUT2D eigenvalue weighted by molar-refractivity contribution is 5.83. The minimum Gasteiger partial charge on any atom is -0.389 e. The Kier molecular flexibility index (Phi) is 3.09. The maximum atomic E-state index is 11.4. The lowest BCUT2D eigenvalue weighted by atomic mass is 10.1. The van der Waals surface area contributed by atoms with Crippen LogP contribution < -0.4 is 0 Å². The molecule has 2 atom stereocenters. The summed E-state index contributed by atoms with van der Waals surface area (Å²) in [4.78, 5) is 13.4. The van der Waals surface area contributed by atoms with Gasteiger partial charge >= 0.3 is 0 Å². The molecule has 0 saturated carbocycles. The fourth-order valence-electron chi connectivity index (χ4n) is 1.81. The topological polar surface area (TPSA) is 40.5 Å². The van der Waals surface area contributed by atoms with E-state index in [2.05, 4.69) is 4.90 Å². The summed E-state index contributed by atoms with van der Waals surface area (Å²) >= 11 is 0. The van der Waals surface area contributed by atoms with E-state index in [1.54, 1.807) is 0 Å². The van der Waals surface area contributed by atoms with Gasteiger partial charge in [0.2, 0.25) is 0 Å². The van der Waals surface area contributed by atoms with Crippen molar-refractivity contribution in [2.75, 3.05) is 13.1 Å². The van der Waals surface area contributed by atoms with E-state index in [9.17, 15) is 9.90 Å². The largest absolute Gasteiger partial charge is 0.389 e. The van der Waals surface area contributed by atoms with Gasteiger partial charge in [0.25, 0.3) is 0 Å². The minimum absolute atomic E-state index is 0.0287. The first kappa shape index (κ1) is 10.7. The van der Waals surface area contributed by atoms with E-state index in [4.69, 9.17) is 0 Å². The summed E-state index contributed by atoms with van der Waals surface area (Å²) in [5, 5.41) is 9.72. The highest BCUT2D eigenvalue weighted by atomic mass is 16.3. The number of carbonyl (C=O) groups excluding carboxylic acids is 1. The number of carbonyl (C=O) groups is 1. The average Bonchev–Trinajstić information content (AvgIpc) is 2.43. The Bertz CT molecular complexity index is 201. The number of Topliss-reactive ketones (excluding diaryl/α,β-unsaturated/α-hetero) is 1. The van der Waals surface area contributed by atoms with Gasteiger partial charge in [-0.3, -0.25) is 9.69 Å². The molecule has 1 heterocycles. The summed E-state index contributed by atoms with van der Waals surface area (Å²) in [5.74, 6) is 0.262. The molecule has 1 fully saturated rings. The van der Waals surface area contributed by atoms with Crippen LogP contribution in [0.5, 0.6) is 0 Å². The van der Waals surface area contributed by atoms with Crippen molar-refractivity contribution in [1.82, 2.24) is 4.90 Å². The number of hydrogen-bond acceptors (Lipinski definition) is 3. The van der Waals surface area contributed by atoms with Crippen molar-refractivity contribution in [2.24, 2.45) is 0 Å². The first-order valence-electron chi connectivity index (χ1n) is 4.95. The van der Waals surface area contributed by atoms with E-state index >= 15 is 0 Å². The molecule has 0 radical (unpaired) electrons. The number of ketones is 1. The molecule has 1 saturated heterocycles. The molecule has 3 heteroatoms. The number of likely N-dealkylation sites (tertiary alicyclic amines) is 1. The fourth-order valence-corrected chi connectivity index (χ4v) is 1.81. The highest BCUT2D eigenvalue weighted by Gasteiger charge is 2.35. The molecule has 2 unspecified atom stereocenters. The van der Waals surface area contributed by atoms with Crippen molar-refractivity contribution in [3.8, 4) is 0 Å². The molecule has 3 nitrogen and oxygen atoms in total. The number of rotatable bonds is 3. The standard InChI is InChI=1S/C10H19NO2/c1-4-9(12)8(2)11-6-5-10(3,13)7-11/h8,13H,4-7H2,1-3H3. The molecule has 0 bridgehead atoms. The van der Waals surface area contributed by atoms with Crippen molar-refractivity contribution in [3.05, 3.63) is 0 Å². The zero-order valence-electron chi connectivity index (χ0n) is 8.71. The van der Waals surface area contributed by atoms with Gasteiger partial charge in [-0.2, -0.15) is 0 Å². The van der Waals surface area contributed by atoms with Crippen molar-refractivity contribution in [1.29, 1.82) is 0 Å². The summed E-state index contributed by atoms with van der Waals surface area (Å²) in [6.07, 6.45) is 1.36. The molecule has 13 heavy (non-hydrogen) atoms. The Labute approximate surface area is 79.7 Å². The molecule has 0 amide bonds. The third kappa shape index (κ3) is 2.51. The number of β-amino-alcohol motifs (C(OH)–C–C–N with tert-alkyl or cyclic N) is 1. The maximum Gasteiger partial charge on any atom is 0.149 e. The Hall–Kier alpha value is -0.410. The second-order valence-corrected chi connectivity index (χ2v) is 4.21. The van der Waals surface area contributed by atoms with Gasteiger partial charge in [-0.25, -0.2) is 0 Å². The first-order valence-corrected chi connectivity index (χ1v) is 4.95. The molecule has 0 aromatic heterocycles. The van der Waals surface area contributed by atoms with Crippen LogP contribution in [0.1, 0.15) is 33.6 Å². The van der Waals surface area contributed by atoms with E-state index < -0.39 is 5.60 Å². The lowest BCUT2D eigenvalue weighted by Crippen LogP contribution is -2.39. The Balaban J connectivity index is 2.51. The Morgan fingerprint density at radius 1 is 1.69 bits per heavy atom. The van der Waals surface area contributed by atoms with Crippen LogP contribution in [0, 0.1) is 0 Å². The minimum atomic E-state index is -0.595. The quantitative estimate of drug-likeness (QED) is 0.707. The van der Waals surface area contributed by atoms with E-state index in [0.29, 0.717) is 13.0 Å². The van der Waals surface area contributed by atoms with Crippen LogP contribution in [0.4, 0.5) is 0 Å². The third-order valence-corrected chi connectivity index (χ3v) is 2.84. The van der Waals surface area contributed by atoms with Gasteiger partial charge in [0.15, 0.2) is 0 Å². The van der Waals surface area contributed by atoms with E-state index in [0.717, 1.165) is 13.0 Å². The van der Waals surface area contributed by atoms with Crippen LogP contribution in [0.25, 0.3) is 0 Å². The summed E-state index contributed by atoms with van der Waals surface area (Å²) in [6.45, 7) is 7.09. The van der Waals surface area contributed by atoms with E-state index in [-0.39, 0.29) is 11.8 Å². The molecule has 1 aliphatic rings. The van der Waals surface area contributed by atoms with Gasteiger partial charge < -0.3 is 5.11 Å². The zero-order valence-corrected chi connectivity index (χ0v) is 8.71. The summed E-state index contributed by atoms with van der Waals surface area (Å²) in [7, 11) is 0. The Morgan fingerprint density at radius 3 is 2.69 bits per heavy atom. The van der Waals surface area contributed by atoms with Crippen LogP contribution in [0.2, 0.25) is 0 Å². The molecule has 1 aliphatic heterocycles.